The van der Waals surface area contributed by atoms with E-state index in [1.165, 1.54) is 18.2 Å². The molecule has 0 saturated carbocycles. The zero-order valence-corrected chi connectivity index (χ0v) is 11.7. The number of benzene rings is 1. The summed E-state index contributed by atoms with van der Waals surface area (Å²) in [7, 11) is 0. The van der Waals surface area contributed by atoms with E-state index in [2.05, 4.69) is 10.6 Å². The molecular weight excluding hydrogens is 281 g/mol. The van der Waals surface area contributed by atoms with Crippen LogP contribution >= 0.6 is 0 Å². The average molecular weight is 300 g/mol. The lowest BCUT2D eigenvalue weighted by atomic mass is 10.0. The van der Waals surface area contributed by atoms with Crippen molar-refractivity contribution in [1.82, 2.24) is 10.6 Å². The van der Waals surface area contributed by atoms with Crippen LogP contribution < -0.4 is 10.6 Å². The van der Waals surface area contributed by atoms with Gasteiger partial charge in [0.1, 0.15) is 0 Å². The zero-order valence-electron chi connectivity index (χ0n) is 11.7. The number of nitrogens with one attached hydrogen (secondary N) is 2. The molecule has 1 saturated heterocycles. The van der Waals surface area contributed by atoms with Crippen molar-refractivity contribution in [3.05, 3.63) is 35.4 Å². The molecule has 1 unspecified atom stereocenters. The number of rotatable bonds is 4. The van der Waals surface area contributed by atoms with Crippen molar-refractivity contribution in [3.8, 4) is 0 Å². The molecule has 1 aromatic carbocycles. The fourth-order valence-corrected chi connectivity index (χ4v) is 2.52. The van der Waals surface area contributed by atoms with Crippen LogP contribution in [0.3, 0.4) is 0 Å². The van der Waals surface area contributed by atoms with Crippen LogP contribution in [-0.2, 0) is 17.4 Å². The number of amides is 1. The van der Waals surface area contributed by atoms with Gasteiger partial charge in [-0.05, 0) is 31.0 Å². The molecule has 2 rings (SSSR count). The lowest BCUT2D eigenvalue weighted by Gasteiger charge is -2.23. The predicted molar refractivity (Wildman–Crippen MR) is 73.8 cm³/mol. The molecule has 0 aromatic heterocycles. The molecule has 1 atom stereocenters. The number of carbonyl (C=O) groups excluding carboxylic acids is 1. The first-order chi connectivity index (χ1) is 9.97. The van der Waals surface area contributed by atoms with Crippen LogP contribution in [0, 0.1) is 0 Å². The monoisotopic (exact) mass is 300 g/mol. The maximum Gasteiger partial charge on any atom is 0.416 e. The summed E-state index contributed by atoms with van der Waals surface area (Å²) in [6, 6.07) is 5.42. The number of alkyl halides is 3. The first-order valence-corrected chi connectivity index (χ1v) is 7.12. The highest BCUT2D eigenvalue weighted by molar-refractivity contribution is 5.79. The number of carbonyl (C=O) groups is 1. The normalized spacial score (nSPS) is 19.3. The predicted octanol–water partition coefficient (Wildman–Crippen LogP) is 2.51. The van der Waals surface area contributed by atoms with E-state index in [-0.39, 0.29) is 23.9 Å². The van der Waals surface area contributed by atoms with Gasteiger partial charge in [-0.1, -0.05) is 24.6 Å². The van der Waals surface area contributed by atoms with Gasteiger partial charge in [-0.25, -0.2) is 0 Å². The average Bonchev–Trinajstić information content (AvgIpc) is 2.46. The molecule has 116 valence electrons. The number of hydrogen-bond donors (Lipinski definition) is 2. The Morgan fingerprint density at radius 2 is 2.05 bits per heavy atom. The van der Waals surface area contributed by atoms with Crippen molar-refractivity contribution < 1.29 is 18.0 Å². The maximum absolute atomic E-state index is 12.8. The third-order valence-electron chi connectivity index (χ3n) is 3.63. The highest BCUT2D eigenvalue weighted by Crippen LogP contribution is 2.31. The van der Waals surface area contributed by atoms with Crippen LogP contribution in [0.4, 0.5) is 13.2 Å². The molecule has 0 bridgehead atoms. The van der Waals surface area contributed by atoms with Crippen LogP contribution in [0.15, 0.2) is 24.3 Å². The van der Waals surface area contributed by atoms with Gasteiger partial charge in [0.05, 0.1) is 12.0 Å². The summed E-state index contributed by atoms with van der Waals surface area (Å²) in [5, 5.41) is 5.99. The molecule has 6 heteroatoms. The molecule has 1 aliphatic heterocycles. The molecule has 0 aliphatic carbocycles. The molecule has 1 heterocycles. The fraction of sp³-hybridized carbons (Fsp3) is 0.533. The van der Waals surface area contributed by atoms with Gasteiger partial charge in [-0.15, -0.1) is 0 Å². The summed E-state index contributed by atoms with van der Waals surface area (Å²) in [6.45, 7) is 1.39. The molecule has 1 aromatic rings. The summed E-state index contributed by atoms with van der Waals surface area (Å²) in [6.07, 6.45) is -1.45. The van der Waals surface area contributed by atoms with E-state index in [1.54, 1.807) is 0 Å². The van der Waals surface area contributed by atoms with Crippen molar-refractivity contribution in [2.75, 3.05) is 13.1 Å². The van der Waals surface area contributed by atoms with E-state index in [4.69, 9.17) is 0 Å². The Kier molecular flexibility index (Phi) is 5.22. The Hall–Kier alpha value is -1.56. The van der Waals surface area contributed by atoms with E-state index in [1.807, 2.05) is 0 Å². The van der Waals surface area contributed by atoms with Crippen LogP contribution in [0.5, 0.6) is 0 Å². The minimum Gasteiger partial charge on any atom is -0.354 e. The van der Waals surface area contributed by atoms with E-state index in [9.17, 15) is 18.0 Å². The van der Waals surface area contributed by atoms with Crippen molar-refractivity contribution in [2.24, 2.45) is 0 Å². The van der Waals surface area contributed by atoms with Gasteiger partial charge < -0.3 is 10.6 Å². The fourth-order valence-electron chi connectivity index (χ4n) is 2.52. The summed E-state index contributed by atoms with van der Waals surface area (Å²) in [5.41, 5.74) is -0.727. The van der Waals surface area contributed by atoms with Gasteiger partial charge in [0.15, 0.2) is 0 Å². The number of piperidine rings is 1. The Bertz CT molecular complexity index is 482. The molecule has 1 fully saturated rings. The number of hydrogen-bond acceptors (Lipinski definition) is 2. The van der Waals surface area contributed by atoms with Crippen molar-refractivity contribution >= 4 is 5.91 Å². The largest absolute Gasteiger partial charge is 0.416 e. The molecular formula is C15H19F3N2O. The topological polar surface area (TPSA) is 41.1 Å². The van der Waals surface area contributed by atoms with Gasteiger partial charge in [0.2, 0.25) is 5.91 Å². The standard InChI is InChI=1S/C15H19F3N2O/c16-15(17,18)13-7-2-1-5-11(13)9-14(21)20-10-12-6-3-4-8-19-12/h1-2,5,7,12,19H,3-4,6,8-10H2,(H,20,21). The molecule has 2 N–H and O–H groups in total. The quantitative estimate of drug-likeness (QED) is 0.897. The Labute approximate surface area is 121 Å². The second-order valence-corrected chi connectivity index (χ2v) is 5.28. The molecule has 0 spiro atoms. The summed E-state index contributed by atoms with van der Waals surface area (Å²) in [4.78, 5) is 11.8. The zero-order chi connectivity index (χ0) is 15.3. The number of halogens is 3. The SMILES string of the molecule is O=C(Cc1ccccc1C(F)(F)F)NCC1CCCCN1. The lowest BCUT2D eigenvalue weighted by Crippen LogP contribution is -2.43. The smallest absolute Gasteiger partial charge is 0.354 e. The van der Waals surface area contributed by atoms with E-state index >= 15 is 0 Å². The second-order valence-electron chi connectivity index (χ2n) is 5.28. The van der Waals surface area contributed by atoms with Gasteiger partial charge in [-0.3, -0.25) is 4.79 Å². The maximum atomic E-state index is 12.8. The van der Waals surface area contributed by atoms with Gasteiger partial charge >= 0.3 is 6.18 Å². The van der Waals surface area contributed by atoms with E-state index in [0.29, 0.717) is 6.54 Å². The Balaban J connectivity index is 1.90. The first-order valence-electron chi connectivity index (χ1n) is 7.12. The van der Waals surface area contributed by atoms with Gasteiger partial charge in [0.25, 0.3) is 0 Å². The van der Waals surface area contributed by atoms with Gasteiger partial charge in [-0.2, -0.15) is 13.2 Å². The van der Waals surface area contributed by atoms with Crippen LogP contribution in [-0.4, -0.2) is 25.0 Å². The van der Waals surface area contributed by atoms with Crippen LogP contribution in [0.1, 0.15) is 30.4 Å². The Morgan fingerprint density at radius 3 is 2.71 bits per heavy atom. The van der Waals surface area contributed by atoms with E-state index in [0.717, 1.165) is 31.9 Å². The third kappa shape index (κ3) is 4.74. The molecule has 1 amide bonds. The highest BCUT2D eigenvalue weighted by atomic mass is 19.4. The minimum absolute atomic E-state index is 0.0131. The van der Waals surface area contributed by atoms with Crippen LogP contribution in [0.2, 0.25) is 0 Å². The van der Waals surface area contributed by atoms with Gasteiger partial charge in [0, 0.05) is 12.6 Å². The molecule has 1 aliphatic rings. The van der Waals surface area contributed by atoms with Crippen molar-refractivity contribution in [1.29, 1.82) is 0 Å². The Morgan fingerprint density at radius 1 is 1.29 bits per heavy atom. The van der Waals surface area contributed by atoms with E-state index < -0.39 is 11.7 Å². The molecule has 0 radical (unpaired) electrons. The second kappa shape index (κ2) is 6.93. The molecule has 21 heavy (non-hydrogen) atoms. The minimum atomic E-state index is -4.43. The highest BCUT2D eigenvalue weighted by Gasteiger charge is 2.33. The third-order valence-corrected chi connectivity index (χ3v) is 3.63. The van der Waals surface area contributed by atoms with Crippen molar-refractivity contribution in [3.63, 3.8) is 0 Å². The summed E-state index contributed by atoms with van der Waals surface area (Å²) in [5.74, 6) is -0.376. The molecule has 3 nitrogen and oxygen atoms in total. The van der Waals surface area contributed by atoms with Crippen molar-refractivity contribution in [2.45, 2.75) is 37.9 Å². The summed E-state index contributed by atoms with van der Waals surface area (Å²) < 4.78 is 38.5. The first kappa shape index (κ1) is 15.8. The van der Waals surface area contributed by atoms with Crippen LogP contribution in [0.25, 0.3) is 0 Å². The lowest BCUT2D eigenvalue weighted by molar-refractivity contribution is -0.138. The summed E-state index contributed by atoms with van der Waals surface area (Å²) >= 11 is 0.